The van der Waals surface area contributed by atoms with Crippen molar-refractivity contribution in [3.63, 3.8) is 0 Å². The number of amides is 1. The number of nitrogens with one attached hydrogen (secondary N) is 1. The summed E-state index contributed by atoms with van der Waals surface area (Å²) in [6.07, 6.45) is 0.0546. The summed E-state index contributed by atoms with van der Waals surface area (Å²) in [5, 5.41) is 24.3. The molecule has 10 heteroatoms. The summed E-state index contributed by atoms with van der Waals surface area (Å²) in [6.45, 7) is 4.00. The lowest BCUT2D eigenvalue weighted by atomic mass is 9.96. The van der Waals surface area contributed by atoms with Crippen molar-refractivity contribution in [2.45, 2.75) is 25.2 Å². The van der Waals surface area contributed by atoms with Crippen LogP contribution in [0.3, 0.4) is 0 Å². The third-order valence-corrected chi connectivity index (χ3v) is 4.64. The molecule has 3 rings (SSSR count). The number of alkyl halides is 2. The highest BCUT2D eigenvalue weighted by atomic mass is 32.1. The average molecular weight is 510 g/mol. The lowest BCUT2D eigenvalue weighted by molar-refractivity contribution is 0.102. The zero-order valence-corrected chi connectivity index (χ0v) is 20.8. The van der Waals surface area contributed by atoms with Crippen LogP contribution in [0.15, 0.2) is 70.7 Å². The number of halogens is 3. The molecule has 5 N–H and O–H groups in total. The smallest absolute Gasteiger partial charge is 0.255 e. The second kappa shape index (κ2) is 16.9. The number of aromatic hydroxyl groups is 1. The van der Waals surface area contributed by atoms with Crippen molar-refractivity contribution in [3.8, 4) is 16.9 Å². The highest BCUT2D eigenvalue weighted by Crippen LogP contribution is 2.29. The third-order valence-electron chi connectivity index (χ3n) is 4.26. The van der Waals surface area contributed by atoms with E-state index in [0.717, 1.165) is 0 Å². The second-order valence-corrected chi connectivity index (χ2v) is 6.76. The van der Waals surface area contributed by atoms with E-state index in [-0.39, 0.29) is 23.6 Å². The summed E-state index contributed by atoms with van der Waals surface area (Å²) < 4.78 is 33.3. The number of nitrogens with two attached hydrogens (primary N) is 1. The van der Waals surface area contributed by atoms with Crippen LogP contribution in [-0.2, 0) is 6.42 Å². The number of nitrogens with zero attached hydrogens (tertiary/aromatic N) is 1. The van der Waals surface area contributed by atoms with Crippen LogP contribution in [0.1, 0.15) is 29.8 Å². The molecule has 0 radical (unpaired) electrons. The second-order valence-electron chi connectivity index (χ2n) is 6.28. The summed E-state index contributed by atoms with van der Waals surface area (Å²) in [5.41, 5.74) is 7.82. The Morgan fingerprint density at radius 2 is 1.63 bits per heavy atom. The van der Waals surface area contributed by atoms with Gasteiger partial charge >= 0.3 is 0 Å². The monoisotopic (exact) mass is 509 g/mol. The van der Waals surface area contributed by atoms with E-state index < -0.39 is 11.7 Å². The minimum absolute atomic E-state index is 0.0546. The Labute approximate surface area is 208 Å². The Morgan fingerprint density at radius 1 is 1.00 bits per heavy atom. The van der Waals surface area contributed by atoms with Gasteiger partial charge < -0.3 is 21.4 Å². The molecule has 0 heterocycles. The van der Waals surface area contributed by atoms with Crippen LogP contribution in [0.2, 0.25) is 0 Å². The van der Waals surface area contributed by atoms with Gasteiger partial charge in [0.15, 0.2) is 0 Å². The van der Waals surface area contributed by atoms with Gasteiger partial charge in [-0.15, -0.1) is 12.6 Å². The summed E-state index contributed by atoms with van der Waals surface area (Å²) in [5.74, 6) is -1.02. The molecular weight excluding hydrogens is 479 g/mol. The number of carbonyl (C=O) groups excluding carboxylic acids is 1. The van der Waals surface area contributed by atoms with E-state index in [9.17, 15) is 23.1 Å². The highest BCUT2D eigenvalue weighted by molar-refractivity contribution is 7.80. The van der Waals surface area contributed by atoms with Crippen LogP contribution in [0.4, 0.5) is 18.9 Å². The Bertz CT molecular complexity index is 1110. The topological polar surface area (TPSA) is 108 Å². The number of oxime groups is 1. The Kier molecular flexibility index (Phi) is 15.1. The van der Waals surface area contributed by atoms with Gasteiger partial charge in [0.05, 0.1) is 14.4 Å². The minimum Gasteiger partial charge on any atom is -0.507 e. The molecule has 0 spiro atoms. The van der Waals surface area contributed by atoms with Gasteiger partial charge in [0.1, 0.15) is 17.4 Å². The first-order valence-electron chi connectivity index (χ1n) is 10.3. The van der Waals surface area contributed by atoms with Gasteiger partial charge in [0, 0.05) is 28.1 Å². The molecule has 0 aliphatic heterocycles. The maximum absolute atomic E-state index is 14.3. The van der Waals surface area contributed by atoms with Crippen LogP contribution in [-0.4, -0.2) is 36.4 Å². The maximum atomic E-state index is 14.3. The molecule has 3 aromatic carbocycles. The van der Waals surface area contributed by atoms with Crippen LogP contribution in [0, 0.1) is 5.82 Å². The molecule has 0 aliphatic carbocycles. The maximum Gasteiger partial charge on any atom is 0.255 e. The largest absolute Gasteiger partial charge is 0.507 e. The predicted molar refractivity (Wildman–Crippen MR) is 138 cm³/mol. The fraction of sp³-hybridized carbons (Fsp3) is 0.200. The lowest BCUT2D eigenvalue weighted by Gasteiger charge is -2.13. The molecule has 0 aromatic heterocycles. The molecule has 190 valence electrons. The van der Waals surface area contributed by atoms with Crippen LogP contribution < -0.4 is 11.1 Å². The van der Waals surface area contributed by atoms with Crippen molar-refractivity contribution in [1.29, 1.82) is 0 Å². The van der Waals surface area contributed by atoms with E-state index in [1.54, 1.807) is 36.4 Å². The van der Waals surface area contributed by atoms with Crippen molar-refractivity contribution in [2.24, 2.45) is 10.9 Å². The van der Waals surface area contributed by atoms with Gasteiger partial charge in [-0.2, -0.15) is 0 Å². The van der Waals surface area contributed by atoms with Crippen molar-refractivity contribution in [1.82, 2.24) is 0 Å². The van der Waals surface area contributed by atoms with Crippen LogP contribution >= 0.6 is 12.6 Å². The summed E-state index contributed by atoms with van der Waals surface area (Å²) in [6, 6.07) is 15.5. The molecule has 1 amide bonds. The van der Waals surface area contributed by atoms with Crippen molar-refractivity contribution in [2.75, 3.05) is 19.7 Å². The average Bonchev–Trinajstić information content (AvgIpc) is 2.90. The van der Waals surface area contributed by atoms with E-state index in [4.69, 9.17) is 10.9 Å². The minimum atomic E-state index is -0.443. The normalized spacial score (nSPS) is 9.89. The molecule has 0 saturated heterocycles. The molecule has 0 fully saturated rings. The molecule has 0 bridgehead atoms. The van der Waals surface area contributed by atoms with Crippen LogP contribution in [0.25, 0.3) is 11.1 Å². The molecule has 0 aliphatic rings. The zero-order chi connectivity index (χ0) is 27.0. The first-order chi connectivity index (χ1) is 16.9. The first-order valence-corrected chi connectivity index (χ1v) is 10.8. The van der Waals surface area contributed by atoms with E-state index >= 15 is 0 Å². The van der Waals surface area contributed by atoms with Crippen LogP contribution in [0.5, 0.6) is 5.75 Å². The standard InChI is InChI=1S/C21H18FN3O3S.C2H6.2CH3F/c22-17-4-2-1-3-16(17)15-7-6-14(9-13(15)11-20(23)25-28)24-21(27)12-5-8-19(29)18(26)10-12;3*1-2/h1-10,26,28-29H,11H2,(H2,23,25)(H,24,27);1-2H3;2*1H3. The number of amidine groups is 1. The number of benzene rings is 3. The number of phenols is 1. The molecule has 6 nitrogen and oxygen atoms in total. The van der Waals surface area contributed by atoms with Crippen molar-refractivity contribution < 1.29 is 28.3 Å². The third kappa shape index (κ3) is 9.24. The van der Waals surface area contributed by atoms with E-state index in [1.807, 2.05) is 13.8 Å². The number of anilines is 1. The SMILES string of the molecule is CC.CF.CF.N/C(Cc1cc(NC(=O)c2ccc(S)c(O)c2)ccc1-c1ccccc1F)=N\O. The highest BCUT2D eigenvalue weighted by Gasteiger charge is 2.14. The summed E-state index contributed by atoms with van der Waals surface area (Å²) in [4.78, 5) is 12.8. The number of hydrogen-bond acceptors (Lipinski definition) is 5. The van der Waals surface area contributed by atoms with Gasteiger partial charge in [0.25, 0.3) is 5.91 Å². The number of thiol groups is 1. The Hall–Kier alpha value is -3.66. The molecule has 0 atom stereocenters. The van der Waals surface area contributed by atoms with E-state index in [0.29, 0.717) is 41.6 Å². The zero-order valence-electron chi connectivity index (χ0n) is 19.9. The van der Waals surface area contributed by atoms with Crippen molar-refractivity contribution >= 4 is 30.1 Å². The number of phenolic OH excluding ortho intramolecular Hbond substituents is 1. The van der Waals surface area contributed by atoms with E-state index in [2.05, 4.69) is 23.1 Å². The molecule has 35 heavy (non-hydrogen) atoms. The molecule has 0 saturated carbocycles. The fourth-order valence-electron chi connectivity index (χ4n) is 2.86. The number of hydrogen-bond donors (Lipinski definition) is 5. The van der Waals surface area contributed by atoms with Gasteiger partial charge in [-0.3, -0.25) is 13.6 Å². The molecular formula is C25H30F3N3O3S. The van der Waals surface area contributed by atoms with Gasteiger partial charge in [0.2, 0.25) is 0 Å². The predicted octanol–water partition coefficient (Wildman–Crippen LogP) is 6.23. The first kappa shape index (κ1) is 31.3. The van der Waals surface area contributed by atoms with Gasteiger partial charge in [-0.05, 0) is 47.5 Å². The van der Waals surface area contributed by atoms with Crippen molar-refractivity contribution in [3.05, 3.63) is 77.6 Å². The quantitative estimate of drug-likeness (QED) is 0.0924. The van der Waals surface area contributed by atoms with Gasteiger partial charge in [-0.25, -0.2) is 4.39 Å². The number of carbonyl (C=O) groups is 1. The summed E-state index contributed by atoms with van der Waals surface area (Å²) in [7, 11) is 1.00. The Balaban J connectivity index is 0.00000179. The number of rotatable bonds is 5. The van der Waals surface area contributed by atoms with Gasteiger partial charge in [-0.1, -0.05) is 43.3 Å². The lowest BCUT2D eigenvalue weighted by Crippen LogP contribution is -2.16. The molecule has 3 aromatic rings. The molecule has 0 unspecified atom stereocenters. The fourth-order valence-corrected chi connectivity index (χ4v) is 3.00. The Morgan fingerprint density at radius 3 is 2.20 bits per heavy atom. The van der Waals surface area contributed by atoms with E-state index in [1.165, 1.54) is 24.3 Å². The summed E-state index contributed by atoms with van der Waals surface area (Å²) >= 11 is 4.07.